The Morgan fingerprint density at radius 1 is 1.04 bits per heavy atom. The maximum atomic E-state index is 12.4. The number of carbonyl (C=O) groups excluding carboxylic acids is 1. The number of nitrogens with one attached hydrogen (secondary N) is 1. The van der Waals surface area contributed by atoms with Crippen LogP contribution >= 0.6 is 11.3 Å². The van der Waals surface area contributed by atoms with E-state index < -0.39 is 0 Å². The molecule has 2 aromatic rings. The highest BCUT2D eigenvalue weighted by Crippen LogP contribution is 2.28. The first kappa shape index (κ1) is 20.2. The van der Waals surface area contributed by atoms with Crippen LogP contribution in [0.4, 0.5) is 5.13 Å². The Kier molecular flexibility index (Phi) is 8.34. The molecule has 6 nitrogen and oxygen atoms in total. The van der Waals surface area contributed by atoms with Gasteiger partial charge in [0.25, 0.3) is 5.91 Å². The Morgan fingerprint density at radius 3 is 2.50 bits per heavy atom. The van der Waals surface area contributed by atoms with Crippen LogP contribution in [0.2, 0.25) is 0 Å². The van der Waals surface area contributed by atoms with Gasteiger partial charge < -0.3 is 9.47 Å². The summed E-state index contributed by atoms with van der Waals surface area (Å²) in [5, 5.41) is 12.5. The van der Waals surface area contributed by atoms with Crippen molar-refractivity contribution in [1.82, 2.24) is 10.2 Å². The second-order valence-electron chi connectivity index (χ2n) is 6.04. The second kappa shape index (κ2) is 10.8. The first-order valence-electron chi connectivity index (χ1n) is 9.03. The van der Waals surface area contributed by atoms with Crippen LogP contribution in [0.15, 0.2) is 18.2 Å². The van der Waals surface area contributed by atoms with Crippen LogP contribution in [0.5, 0.6) is 11.5 Å². The number of aromatic nitrogens is 2. The van der Waals surface area contributed by atoms with E-state index in [1.54, 1.807) is 32.4 Å². The fourth-order valence-corrected chi connectivity index (χ4v) is 3.39. The van der Waals surface area contributed by atoms with E-state index in [1.165, 1.54) is 43.4 Å². The zero-order valence-electron chi connectivity index (χ0n) is 15.7. The van der Waals surface area contributed by atoms with E-state index in [4.69, 9.17) is 9.47 Å². The van der Waals surface area contributed by atoms with Crippen molar-refractivity contribution in [2.75, 3.05) is 19.5 Å². The van der Waals surface area contributed by atoms with Gasteiger partial charge >= 0.3 is 0 Å². The van der Waals surface area contributed by atoms with Gasteiger partial charge in [-0.2, -0.15) is 0 Å². The van der Waals surface area contributed by atoms with Crippen molar-refractivity contribution in [3.05, 3.63) is 28.8 Å². The van der Waals surface area contributed by atoms with Crippen LogP contribution in [0.1, 0.15) is 60.8 Å². The molecular weight excluding hydrogens is 350 g/mol. The summed E-state index contributed by atoms with van der Waals surface area (Å²) in [6.07, 6.45) is 8.39. The van der Waals surface area contributed by atoms with Crippen LogP contribution in [0, 0.1) is 0 Å². The van der Waals surface area contributed by atoms with E-state index in [0.29, 0.717) is 22.2 Å². The highest BCUT2D eigenvalue weighted by atomic mass is 32.1. The number of aryl methyl sites for hydroxylation is 1. The third kappa shape index (κ3) is 5.98. The summed E-state index contributed by atoms with van der Waals surface area (Å²) < 4.78 is 10.4. The molecule has 0 spiro atoms. The standard InChI is InChI=1S/C19H27N3O3S/c1-4-5-6-7-8-9-10-17-21-22-19(26-17)20-18(23)14-11-12-15(24-2)16(13-14)25-3/h11-13H,4-10H2,1-3H3,(H,20,22,23). The summed E-state index contributed by atoms with van der Waals surface area (Å²) in [5.41, 5.74) is 0.482. The summed E-state index contributed by atoms with van der Waals surface area (Å²) in [6.45, 7) is 2.22. The molecule has 0 fully saturated rings. The Morgan fingerprint density at radius 2 is 1.77 bits per heavy atom. The smallest absolute Gasteiger partial charge is 0.257 e. The van der Waals surface area contributed by atoms with Gasteiger partial charge in [0.05, 0.1) is 14.2 Å². The van der Waals surface area contributed by atoms with Crippen molar-refractivity contribution >= 4 is 22.4 Å². The monoisotopic (exact) mass is 377 g/mol. The number of unbranched alkanes of at least 4 members (excludes halogenated alkanes) is 5. The minimum atomic E-state index is -0.242. The fourth-order valence-electron chi connectivity index (χ4n) is 2.61. The molecule has 0 atom stereocenters. The van der Waals surface area contributed by atoms with Crippen molar-refractivity contribution in [2.24, 2.45) is 0 Å². The lowest BCUT2D eigenvalue weighted by molar-refractivity contribution is 0.102. The largest absolute Gasteiger partial charge is 0.493 e. The van der Waals surface area contributed by atoms with Gasteiger partial charge in [0.15, 0.2) is 11.5 Å². The molecule has 1 aromatic carbocycles. The van der Waals surface area contributed by atoms with E-state index >= 15 is 0 Å². The number of amides is 1. The fraction of sp³-hybridized carbons (Fsp3) is 0.526. The Balaban J connectivity index is 1.85. The van der Waals surface area contributed by atoms with Crippen molar-refractivity contribution in [3.63, 3.8) is 0 Å². The molecule has 1 amide bonds. The van der Waals surface area contributed by atoms with Gasteiger partial charge in [-0.25, -0.2) is 0 Å². The first-order chi connectivity index (χ1) is 12.7. The minimum Gasteiger partial charge on any atom is -0.493 e. The number of rotatable bonds is 11. The van der Waals surface area contributed by atoms with E-state index in [2.05, 4.69) is 22.4 Å². The summed E-state index contributed by atoms with van der Waals surface area (Å²) in [4.78, 5) is 12.4. The van der Waals surface area contributed by atoms with Crippen LogP contribution in [-0.4, -0.2) is 30.3 Å². The molecule has 142 valence electrons. The lowest BCUT2D eigenvalue weighted by Gasteiger charge is -2.08. The van der Waals surface area contributed by atoms with Gasteiger partial charge in [0.2, 0.25) is 5.13 Å². The third-order valence-corrected chi connectivity index (χ3v) is 4.98. The topological polar surface area (TPSA) is 73.3 Å². The average molecular weight is 378 g/mol. The molecule has 7 heteroatoms. The number of methoxy groups -OCH3 is 2. The number of anilines is 1. The molecule has 0 aliphatic carbocycles. The zero-order valence-corrected chi connectivity index (χ0v) is 16.5. The molecule has 0 aliphatic heterocycles. The minimum absolute atomic E-state index is 0.242. The Bertz CT molecular complexity index is 703. The van der Waals surface area contributed by atoms with Gasteiger partial charge in [-0.3, -0.25) is 10.1 Å². The maximum absolute atomic E-state index is 12.4. The number of hydrogen-bond acceptors (Lipinski definition) is 6. The lowest BCUT2D eigenvalue weighted by Crippen LogP contribution is -2.11. The Hall–Kier alpha value is -2.15. The first-order valence-corrected chi connectivity index (χ1v) is 9.85. The number of benzene rings is 1. The molecule has 26 heavy (non-hydrogen) atoms. The lowest BCUT2D eigenvalue weighted by atomic mass is 10.1. The number of nitrogens with zero attached hydrogens (tertiary/aromatic N) is 2. The van der Waals surface area contributed by atoms with Crippen molar-refractivity contribution in [3.8, 4) is 11.5 Å². The third-order valence-electron chi connectivity index (χ3n) is 4.08. The summed E-state index contributed by atoms with van der Waals surface area (Å²) in [5.74, 6) is 0.857. The van der Waals surface area contributed by atoms with E-state index in [-0.39, 0.29) is 5.91 Å². The highest BCUT2D eigenvalue weighted by Gasteiger charge is 2.13. The molecule has 0 saturated carbocycles. The number of carbonyl (C=O) groups is 1. The van der Waals surface area contributed by atoms with Crippen molar-refractivity contribution in [1.29, 1.82) is 0 Å². The molecule has 0 aliphatic rings. The molecule has 1 heterocycles. The average Bonchev–Trinajstić information content (AvgIpc) is 3.11. The summed E-state index contributed by atoms with van der Waals surface area (Å²) in [6, 6.07) is 5.04. The van der Waals surface area contributed by atoms with Crippen LogP contribution in [0.3, 0.4) is 0 Å². The van der Waals surface area contributed by atoms with Gasteiger partial charge in [-0.05, 0) is 24.6 Å². The predicted molar refractivity (Wildman–Crippen MR) is 104 cm³/mol. The van der Waals surface area contributed by atoms with Gasteiger partial charge in [0, 0.05) is 12.0 Å². The van der Waals surface area contributed by atoms with Crippen molar-refractivity contribution in [2.45, 2.75) is 51.9 Å². The predicted octanol–water partition coefficient (Wildman–Crippen LogP) is 4.71. The van der Waals surface area contributed by atoms with Crippen LogP contribution in [-0.2, 0) is 6.42 Å². The van der Waals surface area contributed by atoms with Gasteiger partial charge in [0.1, 0.15) is 5.01 Å². The molecule has 1 aromatic heterocycles. The normalized spacial score (nSPS) is 10.6. The molecule has 0 radical (unpaired) electrons. The summed E-state index contributed by atoms with van der Waals surface area (Å²) in [7, 11) is 3.10. The molecule has 0 bridgehead atoms. The summed E-state index contributed by atoms with van der Waals surface area (Å²) >= 11 is 1.43. The van der Waals surface area contributed by atoms with Gasteiger partial charge in [-0.1, -0.05) is 50.4 Å². The molecule has 0 unspecified atom stereocenters. The maximum Gasteiger partial charge on any atom is 0.257 e. The van der Waals surface area contributed by atoms with E-state index in [0.717, 1.165) is 17.8 Å². The highest BCUT2D eigenvalue weighted by molar-refractivity contribution is 7.15. The number of ether oxygens (including phenoxy) is 2. The molecular formula is C19H27N3O3S. The second-order valence-corrected chi connectivity index (χ2v) is 7.10. The van der Waals surface area contributed by atoms with Gasteiger partial charge in [-0.15, -0.1) is 10.2 Å². The van der Waals surface area contributed by atoms with E-state index in [1.807, 2.05) is 0 Å². The number of hydrogen-bond donors (Lipinski definition) is 1. The SMILES string of the molecule is CCCCCCCCc1nnc(NC(=O)c2ccc(OC)c(OC)c2)s1. The molecule has 0 saturated heterocycles. The van der Waals surface area contributed by atoms with Crippen LogP contribution in [0.25, 0.3) is 0 Å². The quantitative estimate of drug-likeness (QED) is 0.574. The molecule has 1 N–H and O–H groups in total. The molecule has 2 rings (SSSR count). The Labute approximate surface area is 158 Å². The van der Waals surface area contributed by atoms with Crippen molar-refractivity contribution < 1.29 is 14.3 Å². The zero-order chi connectivity index (χ0) is 18.8. The van der Waals surface area contributed by atoms with E-state index in [9.17, 15) is 4.79 Å². The van der Waals surface area contributed by atoms with Crippen LogP contribution < -0.4 is 14.8 Å².